The van der Waals surface area contributed by atoms with Gasteiger partial charge in [-0.1, -0.05) is 0 Å². The molecule has 1 aliphatic rings. The minimum absolute atomic E-state index is 0.137. The summed E-state index contributed by atoms with van der Waals surface area (Å²) < 4.78 is 77.2. The van der Waals surface area contributed by atoms with Gasteiger partial charge in [0.2, 0.25) is 0 Å². The van der Waals surface area contributed by atoms with E-state index in [2.05, 4.69) is 5.32 Å². The molecule has 0 bridgehead atoms. The van der Waals surface area contributed by atoms with E-state index in [0.29, 0.717) is 0 Å². The van der Waals surface area contributed by atoms with Crippen molar-refractivity contribution in [3.05, 3.63) is 23.3 Å². The molecule has 112 valence electrons. The second kappa shape index (κ2) is 4.46. The van der Waals surface area contributed by atoms with Gasteiger partial charge in [-0.25, -0.2) is 0 Å². The number of alkyl halides is 6. The van der Waals surface area contributed by atoms with E-state index in [1.165, 1.54) is 4.90 Å². The van der Waals surface area contributed by atoms with Crippen molar-refractivity contribution in [2.45, 2.75) is 32.4 Å². The molecule has 1 aromatic rings. The minimum Gasteiger partial charge on any atom is -0.364 e. The largest absolute Gasteiger partial charge is 0.418 e. The van der Waals surface area contributed by atoms with Gasteiger partial charge in [0, 0.05) is 6.54 Å². The number of nitrogens with one attached hydrogen (secondary N) is 1. The topological polar surface area (TPSA) is 15.3 Å². The van der Waals surface area contributed by atoms with Crippen molar-refractivity contribution in [3.8, 4) is 0 Å². The highest BCUT2D eigenvalue weighted by Gasteiger charge is 2.43. The van der Waals surface area contributed by atoms with Gasteiger partial charge in [-0.3, -0.25) is 0 Å². The lowest BCUT2D eigenvalue weighted by molar-refractivity contribution is -0.142. The van der Waals surface area contributed by atoms with Gasteiger partial charge in [-0.05, 0) is 26.0 Å². The van der Waals surface area contributed by atoms with Crippen molar-refractivity contribution >= 4 is 11.4 Å². The van der Waals surface area contributed by atoms with Crippen LogP contribution in [0.1, 0.15) is 25.0 Å². The molecule has 0 fully saturated rings. The van der Waals surface area contributed by atoms with Crippen LogP contribution in [0.2, 0.25) is 0 Å². The van der Waals surface area contributed by atoms with Crippen LogP contribution in [0.5, 0.6) is 0 Å². The van der Waals surface area contributed by atoms with Crippen LogP contribution in [0.15, 0.2) is 12.1 Å². The van der Waals surface area contributed by atoms with Crippen LogP contribution in [-0.4, -0.2) is 12.7 Å². The number of rotatable bonds is 1. The van der Waals surface area contributed by atoms with E-state index in [-0.39, 0.29) is 24.0 Å². The highest BCUT2D eigenvalue weighted by atomic mass is 19.4. The van der Waals surface area contributed by atoms with E-state index < -0.39 is 29.6 Å². The lowest BCUT2D eigenvalue weighted by Crippen LogP contribution is -2.33. The number of hydrogen-bond acceptors (Lipinski definition) is 2. The first-order valence-corrected chi connectivity index (χ1v) is 5.91. The summed E-state index contributed by atoms with van der Waals surface area (Å²) in [6.07, 6.45) is -10.1. The maximum atomic E-state index is 13.0. The fraction of sp³-hybridized carbons (Fsp3) is 0.500. The summed E-state index contributed by atoms with van der Waals surface area (Å²) in [7, 11) is 0. The van der Waals surface area contributed by atoms with Crippen LogP contribution in [0.25, 0.3) is 0 Å². The fourth-order valence-electron chi connectivity index (χ4n) is 2.36. The highest BCUT2D eigenvalue weighted by Crippen LogP contribution is 2.47. The van der Waals surface area contributed by atoms with Crippen LogP contribution < -0.4 is 10.2 Å². The molecular weight excluding hydrogens is 286 g/mol. The second-order valence-corrected chi connectivity index (χ2v) is 4.52. The minimum atomic E-state index is -4.84. The van der Waals surface area contributed by atoms with E-state index in [0.717, 1.165) is 6.07 Å². The zero-order valence-electron chi connectivity index (χ0n) is 10.7. The van der Waals surface area contributed by atoms with Crippen LogP contribution >= 0.6 is 0 Å². The first kappa shape index (κ1) is 14.8. The lowest BCUT2D eigenvalue weighted by Gasteiger charge is -2.24. The Morgan fingerprint density at radius 2 is 1.70 bits per heavy atom. The third-order valence-corrected chi connectivity index (χ3v) is 3.20. The van der Waals surface area contributed by atoms with Crippen molar-refractivity contribution < 1.29 is 26.3 Å². The standard InChI is InChI=1S/C12H12F6N2/c1-3-20-6(2)19-9-5-7(11(13,14)15)4-8(10(9)20)12(16,17)18/h4-6,19H,3H2,1-2H3. The Hall–Kier alpha value is -1.60. The molecule has 0 radical (unpaired) electrons. The zero-order valence-corrected chi connectivity index (χ0v) is 10.7. The smallest absolute Gasteiger partial charge is 0.364 e. The Bertz CT molecular complexity index is 520. The van der Waals surface area contributed by atoms with Crippen LogP contribution in [-0.2, 0) is 12.4 Å². The van der Waals surface area contributed by atoms with Gasteiger partial charge in [-0.2, -0.15) is 26.3 Å². The van der Waals surface area contributed by atoms with Gasteiger partial charge in [0.1, 0.15) is 0 Å². The summed E-state index contributed by atoms with van der Waals surface area (Å²) in [6, 6.07) is 0.887. The van der Waals surface area contributed by atoms with E-state index >= 15 is 0 Å². The van der Waals surface area contributed by atoms with Crippen molar-refractivity contribution in [1.82, 2.24) is 0 Å². The van der Waals surface area contributed by atoms with E-state index in [1.54, 1.807) is 13.8 Å². The summed E-state index contributed by atoms with van der Waals surface area (Å²) in [5, 5.41) is 2.65. The maximum absolute atomic E-state index is 13.0. The molecule has 1 unspecified atom stereocenters. The van der Waals surface area contributed by atoms with Gasteiger partial charge in [-0.15, -0.1) is 0 Å². The highest BCUT2D eigenvalue weighted by molar-refractivity contribution is 5.80. The molecule has 1 aromatic carbocycles. The Labute approximate surface area is 111 Å². The lowest BCUT2D eigenvalue weighted by atomic mass is 10.1. The third kappa shape index (κ3) is 2.38. The third-order valence-electron chi connectivity index (χ3n) is 3.20. The van der Waals surface area contributed by atoms with Gasteiger partial charge in [0.05, 0.1) is 28.7 Å². The van der Waals surface area contributed by atoms with Crippen molar-refractivity contribution in [3.63, 3.8) is 0 Å². The summed E-state index contributed by atoms with van der Waals surface area (Å²) in [6.45, 7) is 3.50. The predicted octanol–water partition coefficient (Wildman–Crippen LogP) is 4.32. The molecule has 1 aliphatic heterocycles. The Kier molecular flexibility index (Phi) is 3.30. The van der Waals surface area contributed by atoms with Crippen LogP contribution in [0, 0.1) is 0 Å². The van der Waals surface area contributed by atoms with Gasteiger partial charge in [0.15, 0.2) is 0 Å². The van der Waals surface area contributed by atoms with Crippen LogP contribution in [0.4, 0.5) is 37.7 Å². The molecule has 20 heavy (non-hydrogen) atoms. The van der Waals surface area contributed by atoms with E-state index in [4.69, 9.17) is 0 Å². The summed E-state index contributed by atoms with van der Waals surface area (Å²) in [5.41, 5.74) is -2.93. The summed E-state index contributed by atoms with van der Waals surface area (Å²) >= 11 is 0. The molecule has 0 aromatic heterocycles. The number of hydrogen-bond donors (Lipinski definition) is 1. The predicted molar refractivity (Wildman–Crippen MR) is 62.6 cm³/mol. The van der Waals surface area contributed by atoms with E-state index in [9.17, 15) is 26.3 Å². The molecule has 0 spiro atoms. The first-order chi connectivity index (χ1) is 9.05. The fourth-order valence-corrected chi connectivity index (χ4v) is 2.36. The second-order valence-electron chi connectivity index (χ2n) is 4.52. The van der Waals surface area contributed by atoms with E-state index in [1.807, 2.05) is 0 Å². The Morgan fingerprint density at radius 1 is 1.10 bits per heavy atom. The zero-order chi connectivity index (χ0) is 15.3. The molecule has 0 saturated carbocycles. The van der Waals surface area contributed by atoms with Gasteiger partial charge in [0.25, 0.3) is 0 Å². The number of benzene rings is 1. The Morgan fingerprint density at radius 3 is 2.15 bits per heavy atom. The molecular formula is C12H12F6N2. The quantitative estimate of drug-likeness (QED) is 0.777. The molecule has 0 saturated heterocycles. The molecule has 1 atom stereocenters. The molecule has 0 amide bonds. The SMILES string of the molecule is CCN1c2c(cc(C(F)(F)F)cc2C(F)(F)F)NC1C. The number of anilines is 2. The Balaban J connectivity index is 2.69. The average Bonchev–Trinajstić information content (AvgIpc) is 2.60. The average molecular weight is 298 g/mol. The summed E-state index contributed by atoms with van der Waals surface area (Å²) in [4.78, 5) is 1.39. The van der Waals surface area contributed by atoms with Gasteiger partial charge < -0.3 is 10.2 Å². The molecule has 8 heteroatoms. The number of nitrogens with zero attached hydrogens (tertiary/aromatic N) is 1. The maximum Gasteiger partial charge on any atom is 0.418 e. The summed E-state index contributed by atoms with van der Waals surface area (Å²) in [5.74, 6) is 0. The molecule has 2 nitrogen and oxygen atoms in total. The van der Waals surface area contributed by atoms with Crippen LogP contribution in [0.3, 0.4) is 0 Å². The molecule has 1 heterocycles. The molecule has 0 aliphatic carbocycles. The monoisotopic (exact) mass is 298 g/mol. The first-order valence-electron chi connectivity index (χ1n) is 5.91. The number of fused-ring (bicyclic) bond motifs is 1. The van der Waals surface area contributed by atoms with Crippen molar-refractivity contribution in [2.75, 3.05) is 16.8 Å². The molecule has 2 rings (SSSR count). The number of halogens is 6. The van der Waals surface area contributed by atoms with Gasteiger partial charge >= 0.3 is 12.4 Å². The normalized spacial score (nSPS) is 19.0. The van der Waals surface area contributed by atoms with Crippen molar-refractivity contribution in [2.24, 2.45) is 0 Å². The van der Waals surface area contributed by atoms with Crippen molar-refractivity contribution in [1.29, 1.82) is 0 Å². The molecule has 1 N–H and O–H groups in total.